The Labute approximate surface area is 296 Å². The van der Waals surface area contributed by atoms with Crippen LogP contribution < -0.4 is 5.32 Å². The van der Waals surface area contributed by atoms with Crippen LogP contribution >= 0.6 is 0 Å². The van der Waals surface area contributed by atoms with Gasteiger partial charge in [-0.3, -0.25) is 19.7 Å². The Balaban J connectivity index is 1.75. The van der Waals surface area contributed by atoms with E-state index in [0.29, 0.717) is 11.1 Å². The zero-order valence-electron chi connectivity index (χ0n) is 30.1. The van der Waals surface area contributed by atoms with Crippen LogP contribution in [0.25, 0.3) is 0 Å². The highest BCUT2D eigenvalue weighted by Crippen LogP contribution is 2.27. The number of allylic oxidation sites excluding steroid dienone is 3. The standard InChI is InChI=1S/C44H61NO4/c1-4-7-10-13-16-19-22-26-35-31-36(27-23-20-17-14-11-8-5-2)40(37(32-35)28-24-21-18-15-12-9-6-3)34-49-41(46)33-38-29-25-30-39-42(38)44(48)45-43(39)47/h4-6,25,29-32H,1-3,7-24,26-28,33-34H2,(H,45,47,48). The van der Waals surface area contributed by atoms with Gasteiger partial charge in [0, 0.05) is 0 Å². The number of hydrogen-bond donors (Lipinski definition) is 1. The molecule has 1 N–H and O–H groups in total. The van der Waals surface area contributed by atoms with Crippen molar-refractivity contribution in [2.24, 2.45) is 0 Å². The van der Waals surface area contributed by atoms with Crippen LogP contribution in [0.15, 0.2) is 68.3 Å². The van der Waals surface area contributed by atoms with Gasteiger partial charge in [0.15, 0.2) is 0 Å². The van der Waals surface area contributed by atoms with Crippen molar-refractivity contribution in [3.8, 4) is 0 Å². The summed E-state index contributed by atoms with van der Waals surface area (Å²) in [6, 6.07) is 9.83. The van der Waals surface area contributed by atoms with E-state index in [4.69, 9.17) is 4.74 Å². The number of carbonyl (C=O) groups excluding carboxylic acids is 3. The number of ether oxygens (including phenoxy) is 1. The number of benzene rings is 2. The molecule has 0 atom stereocenters. The van der Waals surface area contributed by atoms with E-state index in [9.17, 15) is 14.4 Å². The first kappa shape index (κ1) is 39.7. The molecular weight excluding hydrogens is 606 g/mol. The molecule has 0 unspecified atom stereocenters. The molecule has 0 radical (unpaired) electrons. The van der Waals surface area contributed by atoms with Gasteiger partial charge in [-0.1, -0.05) is 100 Å². The third-order valence-corrected chi connectivity index (χ3v) is 9.64. The van der Waals surface area contributed by atoms with Gasteiger partial charge in [-0.25, -0.2) is 0 Å². The average Bonchev–Trinajstić information content (AvgIpc) is 3.39. The van der Waals surface area contributed by atoms with Gasteiger partial charge in [-0.2, -0.15) is 0 Å². The predicted molar refractivity (Wildman–Crippen MR) is 203 cm³/mol. The lowest BCUT2D eigenvalue weighted by atomic mass is 9.90. The zero-order valence-corrected chi connectivity index (χ0v) is 30.1. The number of fused-ring (bicyclic) bond motifs is 1. The monoisotopic (exact) mass is 667 g/mol. The summed E-state index contributed by atoms with van der Waals surface area (Å²) in [7, 11) is 0. The van der Waals surface area contributed by atoms with Crippen LogP contribution in [-0.4, -0.2) is 17.8 Å². The van der Waals surface area contributed by atoms with Crippen molar-refractivity contribution < 1.29 is 19.1 Å². The molecule has 2 amide bonds. The molecule has 5 heteroatoms. The molecular formula is C44H61NO4. The van der Waals surface area contributed by atoms with Gasteiger partial charge in [0.1, 0.15) is 6.61 Å². The molecule has 0 aromatic heterocycles. The quantitative estimate of drug-likeness (QED) is 0.0424. The second kappa shape index (κ2) is 23.6. The molecule has 1 aliphatic rings. The van der Waals surface area contributed by atoms with Crippen LogP contribution in [0.4, 0.5) is 0 Å². The Kier molecular flexibility index (Phi) is 19.1. The van der Waals surface area contributed by atoms with Crippen molar-refractivity contribution in [1.29, 1.82) is 0 Å². The van der Waals surface area contributed by atoms with E-state index in [1.54, 1.807) is 18.2 Å². The average molecular weight is 668 g/mol. The maximum atomic E-state index is 13.2. The Hall–Kier alpha value is -3.73. The van der Waals surface area contributed by atoms with E-state index in [1.807, 2.05) is 18.2 Å². The first-order valence-electron chi connectivity index (χ1n) is 19.1. The molecule has 3 rings (SSSR count). The summed E-state index contributed by atoms with van der Waals surface area (Å²) in [5.41, 5.74) is 6.32. The van der Waals surface area contributed by atoms with Gasteiger partial charge < -0.3 is 4.74 Å². The summed E-state index contributed by atoms with van der Waals surface area (Å²) < 4.78 is 5.98. The largest absolute Gasteiger partial charge is 0.461 e. The van der Waals surface area contributed by atoms with E-state index < -0.39 is 11.8 Å². The van der Waals surface area contributed by atoms with Gasteiger partial charge in [0.05, 0.1) is 17.5 Å². The Morgan fingerprint density at radius 1 is 0.612 bits per heavy atom. The number of hydrogen-bond acceptors (Lipinski definition) is 4. The molecule has 1 aliphatic heterocycles. The first-order valence-corrected chi connectivity index (χ1v) is 19.1. The molecule has 5 nitrogen and oxygen atoms in total. The lowest BCUT2D eigenvalue weighted by Gasteiger charge is -2.19. The number of aryl methyl sites for hydroxylation is 3. The summed E-state index contributed by atoms with van der Waals surface area (Å²) in [6.45, 7) is 11.8. The number of carbonyl (C=O) groups is 3. The normalized spacial score (nSPS) is 12.1. The van der Waals surface area contributed by atoms with Crippen LogP contribution in [-0.2, 0) is 41.8 Å². The number of nitrogens with one attached hydrogen (secondary N) is 1. The number of amides is 2. The predicted octanol–water partition coefficient (Wildman–Crippen LogP) is 11.1. The minimum atomic E-state index is -0.450. The molecule has 49 heavy (non-hydrogen) atoms. The third-order valence-electron chi connectivity index (χ3n) is 9.64. The van der Waals surface area contributed by atoms with Crippen molar-refractivity contribution in [3.63, 3.8) is 0 Å². The van der Waals surface area contributed by atoms with Crippen LogP contribution in [0, 0.1) is 0 Å². The molecule has 0 bridgehead atoms. The fraction of sp³-hybridized carbons (Fsp3) is 0.523. The fourth-order valence-corrected chi connectivity index (χ4v) is 6.86. The van der Waals surface area contributed by atoms with E-state index >= 15 is 0 Å². The van der Waals surface area contributed by atoms with Crippen LogP contribution in [0.2, 0.25) is 0 Å². The minimum absolute atomic E-state index is 0.0468. The number of imide groups is 1. The topological polar surface area (TPSA) is 72.5 Å². The summed E-state index contributed by atoms with van der Waals surface area (Å²) in [4.78, 5) is 37.8. The summed E-state index contributed by atoms with van der Waals surface area (Å²) >= 11 is 0. The highest BCUT2D eigenvalue weighted by molar-refractivity contribution is 6.22. The van der Waals surface area contributed by atoms with E-state index in [1.165, 1.54) is 100 Å². The highest BCUT2D eigenvalue weighted by atomic mass is 16.5. The molecule has 0 saturated carbocycles. The molecule has 0 spiro atoms. The van der Waals surface area contributed by atoms with Crippen molar-refractivity contribution in [1.82, 2.24) is 5.32 Å². The van der Waals surface area contributed by atoms with Gasteiger partial charge in [-0.15, -0.1) is 19.7 Å². The summed E-state index contributed by atoms with van der Waals surface area (Å²) in [5, 5.41) is 2.34. The summed E-state index contributed by atoms with van der Waals surface area (Å²) in [5.74, 6) is -1.25. The number of esters is 1. The van der Waals surface area contributed by atoms with Crippen molar-refractivity contribution in [2.75, 3.05) is 0 Å². The molecule has 266 valence electrons. The molecule has 0 aliphatic carbocycles. The Bertz CT molecular complexity index is 1330. The molecule has 0 fully saturated rings. The SMILES string of the molecule is C=CCCCCCCCc1cc(CCCCCCCC=C)c(COC(=O)Cc2cccc3c2C(=O)NC3=O)c(CCCCCCCC=C)c1. The fourth-order valence-electron chi connectivity index (χ4n) is 6.86. The van der Waals surface area contributed by atoms with Crippen LogP contribution in [0.3, 0.4) is 0 Å². The maximum absolute atomic E-state index is 13.2. The van der Waals surface area contributed by atoms with Crippen molar-refractivity contribution >= 4 is 17.8 Å². The second-order valence-electron chi connectivity index (χ2n) is 13.6. The Morgan fingerprint density at radius 3 is 1.63 bits per heavy atom. The molecule has 1 heterocycles. The molecule has 2 aromatic carbocycles. The molecule has 2 aromatic rings. The van der Waals surface area contributed by atoms with Gasteiger partial charge in [0.25, 0.3) is 11.8 Å². The van der Waals surface area contributed by atoms with Gasteiger partial charge >= 0.3 is 5.97 Å². The number of unbranched alkanes of at least 4 members (excludes halogenated alkanes) is 15. The Morgan fingerprint density at radius 2 is 1.10 bits per heavy atom. The maximum Gasteiger partial charge on any atom is 0.310 e. The van der Waals surface area contributed by atoms with E-state index in [-0.39, 0.29) is 24.6 Å². The molecule has 0 saturated heterocycles. The lowest BCUT2D eigenvalue weighted by Crippen LogP contribution is -2.20. The van der Waals surface area contributed by atoms with Crippen molar-refractivity contribution in [3.05, 3.63) is 107 Å². The summed E-state index contributed by atoms with van der Waals surface area (Å²) in [6.07, 6.45) is 30.3. The zero-order chi connectivity index (χ0) is 35.1. The third kappa shape index (κ3) is 14.3. The smallest absolute Gasteiger partial charge is 0.310 e. The first-order chi connectivity index (χ1) is 24.0. The lowest BCUT2D eigenvalue weighted by molar-refractivity contribution is -0.144. The second-order valence-corrected chi connectivity index (χ2v) is 13.6. The van der Waals surface area contributed by atoms with Gasteiger partial charge in [0.2, 0.25) is 0 Å². The van der Waals surface area contributed by atoms with Gasteiger partial charge in [-0.05, 0) is 111 Å². The number of rotatable bonds is 28. The van der Waals surface area contributed by atoms with E-state index in [2.05, 4.69) is 37.2 Å². The van der Waals surface area contributed by atoms with Crippen molar-refractivity contribution in [2.45, 2.75) is 148 Å². The highest BCUT2D eigenvalue weighted by Gasteiger charge is 2.29. The minimum Gasteiger partial charge on any atom is -0.461 e. The van der Waals surface area contributed by atoms with Crippen LogP contribution in [0.1, 0.15) is 164 Å². The van der Waals surface area contributed by atoms with Crippen LogP contribution in [0.5, 0.6) is 0 Å². The van der Waals surface area contributed by atoms with E-state index in [0.717, 1.165) is 56.9 Å².